The molecule has 3 fully saturated rings. The van der Waals surface area contributed by atoms with Gasteiger partial charge in [0.15, 0.2) is 8.32 Å². The average molecular weight is 744 g/mol. The van der Waals surface area contributed by atoms with Crippen molar-refractivity contribution in [1.82, 2.24) is 4.98 Å². The average Bonchev–Trinajstić information content (AvgIpc) is 3.50. The van der Waals surface area contributed by atoms with Gasteiger partial charge < -0.3 is 29.2 Å². The number of aromatic nitrogens is 1. The number of nitrogens with one attached hydrogen (secondary N) is 1. The standard InChI is InChI=1S/C46H69NO5Si/c1-25(2)43-38(49)21-33-35-15-14-31(23-48)46(12,45(35,11)18-17-39(33)52-43)40-22-34-37(47-40)16-13-29-19-30(24-51-53(26(3)4,27(5)6)28(7)8)32-20-36(44(9,10)50)42(32)41(29)34/h13,16,21-23,26-28,30-32,35-36,38-39,42-43,47,49-50H,1,14-15,17-20,24H2,2-12H3/t30-,31+,32+,35?,36-,38+,39-,42-,43+,45-,46+/m0/s1. The van der Waals surface area contributed by atoms with E-state index in [1.54, 1.807) is 0 Å². The molecule has 1 aromatic carbocycles. The normalized spacial score (nSPS) is 37.1. The monoisotopic (exact) mass is 743 g/mol. The maximum absolute atomic E-state index is 13.1. The van der Waals surface area contributed by atoms with Crippen molar-refractivity contribution < 1.29 is 24.2 Å². The number of ether oxygens (including phenoxy) is 1. The molecule has 2 aromatic rings. The smallest absolute Gasteiger partial charge is 0.200 e. The highest BCUT2D eigenvalue weighted by atomic mass is 28.4. The number of H-pyrrole nitrogens is 1. The minimum atomic E-state index is -2.02. The number of hydrogen-bond acceptors (Lipinski definition) is 5. The van der Waals surface area contributed by atoms with Crippen LogP contribution in [0.2, 0.25) is 16.6 Å². The molecule has 53 heavy (non-hydrogen) atoms. The van der Waals surface area contributed by atoms with Crippen molar-refractivity contribution in [2.24, 2.45) is 35.0 Å². The third-order valence-electron chi connectivity index (χ3n) is 16.3. The van der Waals surface area contributed by atoms with E-state index < -0.39 is 25.4 Å². The lowest BCUT2D eigenvalue weighted by Gasteiger charge is -2.61. The van der Waals surface area contributed by atoms with Crippen molar-refractivity contribution in [3.05, 3.63) is 58.8 Å². The first-order valence-electron chi connectivity index (χ1n) is 21.0. The molecular weight excluding hydrogens is 675 g/mol. The van der Waals surface area contributed by atoms with Gasteiger partial charge in [0, 0.05) is 34.5 Å². The first kappa shape index (κ1) is 39.2. The van der Waals surface area contributed by atoms with Gasteiger partial charge in [-0.2, -0.15) is 0 Å². The first-order chi connectivity index (χ1) is 24.8. The summed E-state index contributed by atoms with van der Waals surface area (Å²) in [5.74, 6) is 1.42. The summed E-state index contributed by atoms with van der Waals surface area (Å²) < 4.78 is 13.8. The van der Waals surface area contributed by atoms with Crippen LogP contribution >= 0.6 is 0 Å². The SMILES string of the molecule is C=C(C)[C@H]1O[C@H]2CC[C@@]3(C)C(CC[C@H](C=O)[C@]3(C)c3cc4c5c(ccc4[nH]3)C[C@@H](CO[Si](C(C)C)(C(C)C)C(C)C)[C@H]3C[C@H](C(C)(C)O)[C@@H]53)C2=C[C@H]1O. The minimum absolute atomic E-state index is 0.0226. The molecule has 0 amide bonds. The number of rotatable bonds is 10. The van der Waals surface area contributed by atoms with Crippen LogP contribution in [0.4, 0.5) is 0 Å². The molecule has 1 aromatic heterocycles. The maximum Gasteiger partial charge on any atom is 0.200 e. The highest BCUT2D eigenvalue weighted by Crippen LogP contribution is 2.65. The molecular formula is C46H69NO5Si. The number of carbonyl (C=O) groups is 1. The van der Waals surface area contributed by atoms with Gasteiger partial charge in [-0.25, -0.2) is 0 Å². The zero-order valence-corrected chi connectivity index (χ0v) is 35.6. The number of aliphatic hydroxyl groups is 2. The van der Waals surface area contributed by atoms with Crippen molar-refractivity contribution in [1.29, 1.82) is 0 Å². The van der Waals surface area contributed by atoms with Gasteiger partial charge in [-0.05, 0) is 145 Å². The second-order valence-electron chi connectivity index (χ2n) is 20.1. The fraction of sp³-hybridized carbons (Fsp3) is 0.717. The van der Waals surface area contributed by atoms with Gasteiger partial charge in [-0.1, -0.05) is 74.1 Å². The predicted molar refractivity (Wildman–Crippen MR) is 218 cm³/mol. The molecule has 2 heterocycles. The summed E-state index contributed by atoms with van der Waals surface area (Å²) >= 11 is 0. The number of aldehydes is 1. The molecule has 4 aliphatic carbocycles. The summed E-state index contributed by atoms with van der Waals surface area (Å²) in [5.41, 5.74) is 7.35. The molecule has 7 heteroatoms. The zero-order chi connectivity index (χ0) is 38.6. The summed E-state index contributed by atoms with van der Waals surface area (Å²) in [4.78, 5) is 17.0. The minimum Gasteiger partial charge on any atom is -0.416 e. The van der Waals surface area contributed by atoms with E-state index in [9.17, 15) is 15.0 Å². The zero-order valence-electron chi connectivity index (χ0n) is 34.6. The Morgan fingerprint density at radius 1 is 1.11 bits per heavy atom. The van der Waals surface area contributed by atoms with Crippen LogP contribution in [0.3, 0.4) is 0 Å². The number of aromatic amines is 1. The molecule has 11 atom stereocenters. The Labute approximate surface area is 320 Å². The molecule has 3 saturated carbocycles. The third kappa shape index (κ3) is 5.79. The largest absolute Gasteiger partial charge is 0.416 e. The van der Waals surface area contributed by atoms with Gasteiger partial charge >= 0.3 is 0 Å². The summed E-state index contributed by atoms with van der Waals surface area (Å²) in [6.45, 7) is 29.8. The summed E-state index contributed by atoms with van der Waals surface area (Å²) in [7, 11) is -2.02. The highest BCUT2D eigenvalue weighted by molar-refractivity contribution is 6.77. The topological polar surface area (TPSA) is 91.8 Å². The Bertz CT molecular complexity index is 1740. The second-order valence-corrected chi connectivity index (χ2v) is 25.6. The van der Waals surface area contributed by atoms with Crippen LogP contribution in [-0.2, 0) is 25.8 Å². The van der Waals surface area contributed by atoms with Crippen molar-refractivity contribution >= 4 is 25.5 Å². The van der Waals surface area contributed by atoms with E-state index in [-0.39, 0.29) is 41.3 Å². The molecule has 0 spiro atoms. The molecule has 3 N–H and O–H groups in total. The van der Waals surface area contributed by atoms with E-state index in [1.165, 1.54) is 28.4 Å². The summed E-state index contributed by atoms with van der Waals surface area (Å²) in [6.07, 6.45) is 7.74. The van der Waals surface area contributed by atoms with Crippen LogP contribution in [0.1, 0.15) is 131 Å². The van der Waals surface area contributed by atoms with E-state index in [4.69, 9.17) is 9.16 Å². The van der Waals surface area contributed by atoms with E-state index >= 15 is 0 Å². The number of fused-ring (bicyclic) bond motifs is 8. The van der Waals surface area contributed by atoms with E-state index in [0.29, 0.717) is 28.5 Å². The quantitative estimate of drug-likeness (QED) is 0.128. The van der Waals surface area contributed by atoms with Crippen molar-refractivity contribution in [3.63, 3.8) is 0 Å². The van der Waals surface area contributed by atoms with Crippen LogP contribution in [0.25, 0.3) is 10.9 Å². The van der Waals surface area contributed by atoms with Gasteiger partial charge in [-0.3, -0.25) is 0 Å². The van der Waals surface area contributed by atoms with E-state index in [0.717, 1.165) is 61.9 Å². The van der Waals surface area contributed by atoms with Crippen molar-refractivity contribution in [2.75, 3.05) is 6.61 Å². The lowest BCUT2D eigenvalue weighted by atomic mass is 9.43. The van der Waals surface area contributed by atoms with Gasteiger partial charge in [0.1, 0.15) is 18.5 Å². The summed E-state index contributed by atoms with van der Waals surface area (Å²) in [5, 5.41) is 24.0. The Hall–Kier alpha value is -2.03. The highest BCUT2D eigenvalue weighted by Gasteiger charge is 2.62. The van der Waals surface area contributed by atoms with E-state index in [2.05, 4.69) is 91.2 Å². The van der Waals surface area contributed by atoms with Gasteiger partial charge in [-0.15, -0.1) is 0 Å². The lowest BCUT2D eigenvalue weighted by molar-refractivity contribution is -0.127. The number of benzene rings is 1. The van der Waals surface area contributed by atoms with Gasteiger partial charge in [0.2, 0.25) is 0 Å². The van der Waals surface area contributed by atoms with Crippen LogP contribution in [0.5, 0.6) is 0 Å². The number of aliphatic hydroxyl groups excluding tert-OH is 1. The molecule has 6 nitrogen and oxygen atoms in total. The molecule has 1 aliphatic heterocycles. The molecule has 0 radical (unpaired) electrons. The maximum atomic E-state index is 13.1. The predicted octanol–water partition coefficient (Wildman–Crippen LogP) is 9.94. The van der Waals surface area contributed by atoms with Crippen LogP contribution in [-0.4, -0.2) is 60.3 Å². The Morgan fingerprint density at radius 2 is 1.79 bits per heavy atom. The Balaban J connectivity index is 1.29. The second kappa shape index (κ2) is 13.6. The lowest BCUT2D eigenvalue weighted by Crippen LogP contribution is -2.59. The first-order valence-corrected chi connectivity index (χ1v) is 23.1. The molecule has 0 saturated heterocycles. The van der Waals surface area contributed by atoms with Crippen molar-refractivity contribution in [3.8, 4) is 0 Å². The molecule has 1 unspecified atom stereocenters. The van der Waals surface area contributed by atoms with Gasteiger partial charge in [0.25, 0.3) is 0 Å². The Kier molecular flexibility index (Phi) is 10.0. The number of hydrogen-bond donors (Lipinski definition) is 3. The van der Waals surface area contributed by atoms with Crippen molar-refractivity contribution in [2.45, 2.75) is 167 Å². The summed E-state index contributed by atoms with van der Waals surface area (Å²) in [6, 6.07) is 7.02. The van der Waals surface area contributed by atoms with Crippen LogP contribution in [0.15, 0.2) is 42.0 Å². The third-order valence-corrected chi connectivity index (χ3v) is 22.4. The molecule has 5 aliphatic rings. The van der Waals surface area contributed by atoms with E-state index in [1.807, 2.05) is 20.8 Å². The van der Waals surface area contributed by atoms with Crippen LogP contribution < -0.4 is 0 Å². The molecule has 292 valence electrons. The molecule has 0 bridgehead atoms. The van der Waals surface area contributed by atoms with Crippen LogP contribution in [0, 0.1) is 35.0 Å². The number of carbonyl (C=O) groups excluding carboxylic acids is 1. The fourth-order valence-electron chi connectivity index (χ4n) is 13.4. The fourth-order valence-corrected chi connectivity index (χ4v) is 18.9. The Morgan fingerprint density at radius 3 is 2.40 bits per heavy atom. The van der Waals surface area contributed by atoms with Gasteiger partial charge in [0.05, 0.1) is 11.7 Å². The molecule has 7 rings (SSSR count).